The van der Waals surface area contributed by atoms with Gasteiger partial charge in [-0.15, -0.1) is 0 Å². The Balaban J connectivity index is 1.75. The van der Waals surface area contributed by atoms with Crippen LogP contribution in [0.25, 0.3) is 10.9 Å². The molecule has 0 saturated heterocycles. The van der Waals surface area contributed by atoms with Crippen LogP contribution in [-0.2, 0) is 12.3 Å². The van der Waals surface area contributed by atoms with Crippen LogP contribution in [-0.4, -0.2) is 22.0 Å². The molecule has 7 heteroatoms. The summed E-state index contributed by atoms with van der Waals surface area (Å²) >= 11 is 7.61. The molecule has 0 aliphatic rings. The average molecular weight is 478 g/mol. The van der Waals surface area contributed by atoms with Gasteiger partial charge in [0.2, 0.25) is 0 Å². The standard InChI is InChI=1S/C26H24ClN3O2S/c1-2-13-28-24(31)20-11-12-22-23(15-20)29-26(33-17-19-9-6-10-21(27)14-19)30(25(22)32)16-18-7-4-3-5-8-18/h3-12,14-15H,2,13,16-17H2,1H3,(H,28,31). The molecule has 0 saturated carbocycles. The fourth-order valence-electron chi connectivity index (χ4n) is 3.47. The lowest BCUT2D eigenvalue weighted by Gasteiger charge is -2.14. The van der Waals surface area contributed by atoms with Gasteiger partial charge in [0.25, 0.3) is 11.5 Å². The molecule has 3 aromatic carbocycles. The number of carbonyl (C=O) groups is 1. The van der Waals surface area contributed by atoms with E-state index in [2.05, 4.69) is 5.32 Å². The predicted molar refractivity (Wildman–Crippen MR) is 135 cm³/mol. The Bertz CT molecular complexity index is 1340. The Morgan fingerprint density at radius 2 is 1.82 bits per heavy atom. The van der Waals surface area contributed by atoms with Crippen molar-refractivity contribution in [3.8, 4) is 0 Å². The molecule has 1 heterocycles. The first kappa shape index (κ1) is 23.1. The minimum Gasteiger partial charge on any atom is -0.352 e. The Labute approximate surface area is 201 Å². The SMILES string of the molecule is CCCNC(=O)c1ccc2c(=O)n(Cc3ccccc3)c(SCc3cccc(Cl)c3)nc2c1. The molecule has 0 fully saturated rings. The largest absolute Gasteiger partial charge is 0.352 e. The van der Waals surface area contributed by atoms with Crippen LogP contribution in [0.2, 0.25) is 5.02 Å². The van der Waals surface area contributed by atoms with Crippen LogP contribution in [0.15, 0.2) is 82.7 Å². The van der Waals surface area contributed by atoms with E-state index >= 15 is 0 Å². The maximum atomic E-state index is 13.5. The number of benzene rings is 3. The molecule has 0 unspecified atom stereocenters. The topological polar surface area (TPSA) is 64.0 Å². The molecule has 0 radical (unpaired) electrons. The number of amides is 1. The normalized spacial score (nSPS) is 11.0. The van der Waals surface area contributed by atoms with Gasteiger partial charge in [-0.25, -0.2) is 4.98 Å². The zero-order valence-corrected chi connectivity index (χ0v) is 19.8. The van der Waals surface area contributed by atoms with Crippen molar-refractivity contribution in [2.24, 2.45) is 0 Å². The molecule has 0 aliphatic carbocycles. The van der Waals surface area contributed by atoms with Crippen LogP contribution >= 0.6 is 23.4 Å². The Morgan fingerprint density at radius 1 is 1.03 bits per heavy atom. The molecule has 0 bridgehead atoms. The highest BCUT2D eigenvalue weighted by atomic mass is 35.5. The second kappa shape index (κ2) is 10.7. The minimum absolute atomic E-state index is 0.127. The quantitative estimate of drug-likeness (QED) is 0.267. The van der Waals surface area contributed by atoms with Gasteiger partial charge in [0.05, 0.1) is 17.4 Å². The molecule has 0 atom stereocenters. The molecule has 5 nitrogen and oxygen atoms in total. The Morgan fingerprint density at radius 3 is 2.58 bits per heavy atom. The summed E-state index contributed by atoms with van der Waals surface area (Å²) in [4.78, 5) is 30.7. The summed E-state index contributed by atoms with van der Waals surface area (Å²) in [6, 6.07) is 22.5. The molecule has 0 aliphatic heterocycles. The third-order valence-corrected chi connectivity index (χ3v) is 6.44. The number of rotatable bonds is 8. The van der Waals surface area contributed by atoms with E-state index in [1.54, 1.807) is 22.8 Å². The lowest BCUT2D eigenvalue weighted by atomic mass is 10.1. The average Bonchev–Trinajstić information content (AvgIpc) is 2.83. The molecule has 4 aromatic rings. The number of thioether (sulfide) groups is 1. The summed E-state index contributed by atoms with van der Waals surface area (Å²) in [5.74, 6) is 0.450. The van der Waals surface area contributed by atoms with Gasteiger partial charge in [-0.1, -0.05) is 72.8 Å². The molecule has 1 aromatic heterocycles. The van der Waals surface area contributed by atoms with Gasteiger partial charge in [-0.05, 0) is 47.9 Å². The number of hydrogen-bond acceptors (Lipinski definition) is 4. The van der Waals surface area contributed by atoms with E-state index < -0.39 is 0 Å². The van der Waals surface area contributed by atoms with E-state index in [1.165, 1.54) is 11.8 Å². The maximum absolute atomic E-state index is 13.5. The second-order valence-electron chi connectivity index (χ2n) is 7.68. The summed E-state index contributed by atoms with van der Waals surface area (Å²) < 4.78 is 1.70. The highest BCUT2D eigenvalue weighted by molar-refractivity contribution is 7.98. The predicted octanol–water partition coefficient (Wildman–Crippen LogP) is 5.53. The highest BCUT2D eigenvalue weighted by Crippen LogP contribution is 2.24. The van der Waals surface area contributed by atoms with Crippen molar-refractivity contribution in [1.82, 2.24) is 14.9 Å². The molecular formula is C26H24ClN3O2S. The van der Waals surface area contributed by atoms with Crippen LogP contribution < -0.4 is 10.9 Å². The Hall–Kier alpha value is -3.09. The molecule has 168 valence electrons. The number of halogens is 1. The van der Waals surface area contributed by atoms with E-state index in [1.807, 2.05) is 61.5 Å². The van der Waals surface area contributed by atoms with Gasteiger partial charge in [0.1, 0.15) is 0 Å². The van der Waals surface area contributed by atoms with Crippen molar-refractivity contribution in [1.29, 1.82) is 0 Å². The van der Waals surface area contributed by atoms with Crippen LogP contribution in [0.1, 0.15) is 34.8 Å². The first-order valence-electron chi connectivity index (χ1n) is 10.8. The van der Waals surface area contributed by atoms with E-state index in [9.17, 15) is 9.59 Å². The monoisotopic (exact) mass is 477 g/mol. The van der Waals surface area contributed by atoms with Gasteiger partial charge in [-0.3, -0.25) is 14.2 Å². The summed E-state index contributed by atoms with van der Waals surface area (Å²) in [6.07, 6.45) is 0.853. The summed E-state index contributed by atoms with van der Waals surface area (Å²) in [5, 5.41) is 4.63. The van der Waals surface area contributed by atoms with Gasteiger partial charge in [0.15, 0.2) is 5.16 Å². The van der Waals surface area contributed by atoms with Gasteiger partial charge >= 0.3 is 0 Å². The molecule has 1 N–H and O–H groups in total. The second-order valence-corrected chi connectivity index (χ2v) is 9.06. The van der Waals surface area contributed by atoms with E-state index in [0.717, 1.165) is 17.5 Å². The van der Waals surface area contributed by atoms with Crippen molar-refractivity contribution in [3.63, 3.8) is 0 Å². The third kappa shape index (κ3) is 5.64. The zero-order chi connectivity index (χ0) is 23.2. The lowest BCUT2D eigenvalue weighted by molar-refractivity contribution is 0.0954. The molecule has 0 spiro atoms. The zero-order valence-electron chi connectivity index (χ0n) is 18.3. The number of aromatic nitrogens is 2. The number of nitrogens with zero attached hydrogens (tertiary/aromatic N) is 2. The van der Waals surface area contributed by atoms with Crippen LogP contribution in [0.4, 0.5) is 0 Å². The van der Waals surface area contributed by atoms with Crippen molar-refractivity contribution in [3.05, 3.63) is 105 Å². The summed E-state index contributed by atoms with van der Waals surface area (Å²) in [5.41, 5.74) is 2.94. The molecule has 1 amide bonds. The maximum Gasteiger partial charge on any atom is 0.262 e. The van der Waals surface area contributed by atoms with E-state index in [4.69, 9.17) is 16.6 Å². The first-order valence-corrected chi connectivity index (χ1v) is 12.2. The summed E-state index contributed by atoms with van der Waals surface area (Å²) in [7, 11) is 0. The fraction of sp³-hybridized carbons (Fsp3) is 0.192. The molecule has 4 rings (SSSR count). The first-order chi connectivity index (χ1) is 16.0. The third-order valence-electron chi connectivity index (χ3n) is 5.16. The van der Waals surface area contributed by atoms with Crippen molar-refractivity contribution >= 4 is 40.2 Å². The van der Waals surface area contributed by atoms with E-state index in [-0.39, 0.29) is 11.5 Å². The van der Waals surface area contributed by atoms with Crippen molar-refractivity contribution in [2.75, 3.05) is 6.54 Å². The smallest absolute Gasteiger partial charge is 0.262 e. The van der Waals surface area contributed by atoms with Crippen molar-refractivity contribution in [2.45, 2.75) is 30.8 Å². The van der Waals surface area contributed by atoms with E-state index in [0.29, 0.717) is 45.5 Å². The number of hydrogen-bond donors (Lipinski definition) is 1. The van der Waals surface area contributed by atoms with Crippen LogP contribution in [0.3, 0.4) is 0 Å². The lowest BCUT2D eigenvalue weighted by Crippen LogP contribution is -2.26. The van der Waals surface area contributed by atoms with Gasteiger partial charge in [0, 0.05) is 22.9 Å². The number of nitrogens with one attached hydrogen (secondary N) is 1. The van der Waals surface area contributed by atoms with Crippen molar-refractivity contribution < 1.29 is 4.79 Å². The number of fused-ring (bicyclic) bond motifs is 1. The molecular weight excluding hydrogens is 454 g/mol. The van der Waals surface area contributed by atoms with Crippen LogP contribution in [0.5, 0.6) is 0 Å². The molecule has 33 heavy (non-hydrogen) atoms. The minimum atomic E-state index is -0.165. The highest BCUT2D eigenvalue weighted by Gasteiger charge is 2.15. The van der Waals surface area contributed by atoms with Gasteiger partial charge < -0.3 is 5.32 Å². The fourth-order valence-corrected chi connectivity index (χ4v) is 4.63. The van der Waals surface area contributed by atoms with Crippen LogP contribution in [0, 0.1) is 0 Å². The number of carbonyl (C=O) groups excluding carboxylic acids is 1. The van der Waals surface area contributed by atoms with Gasteiger partial charge in [-0.2, -0.15) is 0 Å². The Kier molecular flexibility index (Phi) is 7.47. The summed E-state index contributed by atoms with van der Waals surface area (Å²) in [6.45, 7) is 3.02.